The van der Waals surface area contributed by atoms with Crippen LogP contribution in [0.1, 0.15) is 5.56 Å². The molecule has 0 aliphatic carbocycles. The van der Waals surface area contributed by atoms with Gasteiger partial charge in [-0.15, -0.1) is 0 Å². The predicted molar refractivity (Wildman–Crippen MR) is 71.7 cm³/mol. The Morgan fingerprint density at radius 2 is 1.65 bits per heavy atom. The maximum Gasteiger partial charge on any atom is 0.118 e. The zero-order valence-electron chi connectivity index (χ0n) is 9.43. The fraction of sp³-hybridized carbons (Fsp3) is 0.0714. The van der Waals surface area contributed by atoms with Gasteiger partial charge in [0.15, 0.2) is 0 Å². The molecule has 0 unspecified atom stereocenters. The smallest absolute Gasteiger partial charge is 0.118 e. The van der Waals surface area contributed by atoms with Gasteiger partial charge in [-0.25, -0.2) is 0 Å². The second-order valence-corrected chi connectivity index (χ2v) is 3.94. The van der Waals surface area contributed by atoms with Crippen LogP contribution in [0.4, 0.5) is 5.69 Å². The Morgan fingerprint density at radius 3 is 2.24 bits per heavy atom. The van der Waals surface area contributed by atoms with E-state index in [9.17, 15) is 0 Å². The lowest BCUT2D eigenvalue weighted by Gasteiger charge is -1.99. The summed E-state index contributed by atoms with van der Waals surface area (Å²) < 4.78 is 5.09. The standard InChI is InChI=1S/C14H12ClNO/c1-17-14-8-2-11(3-9-14)10-16-13-6-4-12(15)5-7-13/h2-10H,1H3. The molecular weight excluding hydrogens is 234 g/mol. The van der Waals surface area contributed by atoms with Crippen molar-refractivity contribution in [2.75, 3.05) is 7.11 Å². The number of aliphatic imine (C=N–C) groups is 1. The van der Waals surface area contributed by atoms with Crippen LogP contribution in [0, 0.1) is 0 Å². The Labute approximate surface area is 106 Å². The third-order valence-corrected chi connectivity index (χ3v) is 2.56. The molecule has 0 aliphatic rings. The molecule has 3 heteroatoms. The monoisotopic (exact) mass is 245 g/mol. The summed E-state index contributed by atoms with van der Waals surface area (Å²) in [6.07, 6.45) is 1.81. The Balaban J connectivity index is 2.11. The average molecular weight is 246 g/mol. The van der Waals surface area contributed by atoms with E-state index < -0.39 is 0 Å². The molecule has 0 amide bonds. The zero-order valence-corrected chi connectivity index (χ0v) is 10.2. The predicted octanol–water partition coefficient (Wildman–Crippen LogP) is 4.10. The van der Waals surface area contributed by atoms with Crippen LogP contribution in [-0.2, 0) is 0 Å². The Morgan fingerprint density at radius 1 is 1.00 bits per heavy atom. The fourth-order valence-electron chi connectivity index (χ4n) is 1.37. The van der Waals surface area contributed by atoms with E-state index in [4.69, 9.17) is 16.3 Å². The van der Waals surface area contributed by atoms with Crippen molar-refractivity contribution in [2.45, 2.75) is 0 Å². The van der Waals surface area contributed by atoms with Crippen LogP contribution in [0.5, 0.6) is 5.75 Å². The van der Waals surface area contributed by atoms with Crippen molar-refractivity contribution in [3.8, 4) is 5.75 Å². The highest BCUT2D eigenvalue weighted by molar-refractivity contribution is 6.30. The molecule has 2 aromatic carbocycles. The number of benzene rings is 2. The SMILES string of the molecule is COc1ccc(C=Nc2ccc(Cl)cc2)cc1. The van der Waals surface area contributed by atoms with E-state index in [-0.39, 0.29) is 0 Å². The van der Waals surface area contributed by atoms with Crippen molar-refractivity contribution in [1.29, 1.82) is 0 Å². The highest BCUT2D eigenvalue weighted by Crippen LogP contribution is 2.16. The van der Waals surface area contributed by atoms with Crippen molar-refractivity contribution in [1.82, 2.24) is 0 Å². The van der Waals surface area contributed by atoms with Crippen LogP contribution in [0.2, 0.25) is 5.02 Å². The van der Waals surface area contributed by atoms with Gasteiger partial charge in [-0.3, -0.25) is 4.99 Å². The van der Waals surface area contributed by atoms with Crippen LogP contribution >= 0.6 is 11.6 Å². The summed E-state index contributed by atoms with van der Waals surface area (Å²) in [5.41, 5.74) is 1.91. The summed E-state index contributed by atoms with van der Waals surface area (Å²) >= 11 is 5.80. The van der Waals surface area contributed by atoms with Gasteiger partial charge in [-0.05, 0) is 54.1 Å². The highest BCUT2D eigenvalue weighted by Gasteiger charge is 1.92. The molecule has 2 aromatic rings. The van der Waals surface area contributed by atoms with E-state index in [1.165, 1.54) is 0 Å². The molecule has 0 aromatic heterocycles. The van der Waals surface area contributed by atoms with Crippen molar-refractivity contribution in [2.24, 2.45) is 4.99 Å². The van der Waals surface area contributed by atoms with Crippen LogP contribution in [0.15, 0.2) is 53.5 Å². The first-order valence-corrected chi connectivity index (χ1v) is 5.59. The summed E-state index contributed by atoms with van der Waals surface area (Å²) in [5, 5.41) is 0.716. The Bertz CT molecular complexity index is 503. The first-order chi connectivity index (χ1) is 8.28. The van der Waals surface area contributed by atoms with Gasteiger partial charge in [-0.1, -0.05) is 11.6 Å². The summed E-state index contributed by atoms with van der Waals surface area (Å²) in [6.45, 7) is 0. The van der Waals surface area contributed by atoms with Gasteiger partial charge in [0, 0.05) is 11.2 Å². The summed E-state index contributed by atoms with van der Waals surface area (Å²) in [5.74, 6) is 0.841. The fourth-order valence-corrected chi connectivity index (χ4v) is 1.49. The summed E-state index contributed by atoms with van der Waals surface area (Å²) in [4.78, 5) is 4.35. The Kier molecular flexibility index (Phi) is 3.78. The molecule has 2 rings (SSSR count). The van der Waals surface area contributed by atoms with Crippen LogP contribution < -0.4 is 4.74 Å². The third kappa shape index (κ3) is 3.33. The number of halogens is 1. The third-order valence-electron chi connectivity index (χ3n) is 2.31. The molecule has 0 aliphatic heterocycles. The largest absolute Gasteiger partial charge is 0.497 e. The van der Waals surface area contributed by atoms with Crippen molar-refractivity contribution < 1.29 is 4.74 Å². The maximum atomic E-state index is 5.80. The maximum absolute atomic E-state index is 5.80. The van der Waals surface area contributed by atoms with Gasteiger partial charge in [-0.2, -0.15) is 0 Å². The van der Waals surface area contributed by atoms with E-state index in [1.54, 1.807) is 7.11 Å². The molecule has 0 saturated carbocycles. The topological polar surface area (TPSA) is 21.6 Å². The number of rotatable bonds is 3. The molecule has 17 heavy (non-hydrogen) atoms. The lowest BCUT2D eigenvalue weighted by Crippen LogP contribution is -1.84. The lowest BCUT2D eigenvalue weighted by molar-refractivity contribution is 0.415. The van der Waals surface area contributed by atoms with E-state index in [0.29, 0.717) is 5.02 Å². The van der Waals surface area contributed by atoms with Gasteiger partial charge in [0.2, 0.25) is 0 Å². The molecule has 0 radical (unpaired) electrons. The van der Waals surface area contributed by atoms with Gasteiger partial charge < -0.3 is 4.74 Å². The average Bonchev–Trinajstić information content (AvgIpc) is 2.39. The van der Waals surface area contributed by atoms with E-state index in [1.807, 2.05) is 54.7 Å². The van der Waals surface area contributed by atoms with Gasteiger partial charge in [0.05, 0.1) is 12.8 Å². The zero-order chi connectivity index (χ0) is 12.1. The minimum absolute atomic E-state index is 0.716. The van der Waals surface area contributed by atoms with E-state index >= 15 is 0 Å². The molecule has 2 nitrogen and oxygen atoms in total. The quantitative estimate of drug-likeness (QED) is 0.746. The number of nitrogens with zero attached hydrogens (tertiary/aromatic N) is 1. The lowest BCUT2D eigenvalue weighted by atomic mass is 10.2. The number of hydrogen-bond donors (Lipinski definition) is 0. The normalized spacial score (nSPS) is 10.7. The Hall–Kier alpha value is -1.80. The number of ether oxygens (including phenoxy) is 1. The van der Waals surface area contributed by atoms with Crippen molar-refractivity contribution in [3.05, 3.63) is 59.1 Å². The van der Waals surface area contributed by atoms with Crippen molar-refractivity contribution >= 4 is 23.5 Å². The molecule has 0 N–H and O–H groups in total. The van der Waals surface area contributed by atoms with E-state index in [0.717, 1.165) is 17.0 Å². The van der Waals surface area contributed by atoms with Gasteiger partial charge in [0.25, 0.3) is 0 Å². The molecule has 0 saturated heterocycles. The van der Waals surface area contributed by atoms with Crippen LogP contribution in [0.3, 0.4) is 0 Å². The molecule has 86 valence electrons. The first-order valence-electron chi connectivity index (χ1n) is 5.21. The van der Waals surface area contributed by atoms with Gasteiger partial charge >= 0.3 is 0 Å². The molecule has 0 bridgehead atoms. The minimum Gasteiger partial charge on any atom is -0.497 e. The number of methoxy groups -OCH3 is 1. The van der Waals surface area contributed by atoms with Crippen molar-refractivity contribution in [3.63, 3.8) is 0 Å². The molecular formula is C14H12ClNO. The molecule has 0 heterocycles. The van der Waals surface area contributed by atoms with Gasteiger partial charge in [0.1, 0.15) is 5.75 Å². The van der Waals surface area contributed by atoms with E-state index in [2.05, 4.69) is 4.99 Å². The van der Waals surface area contributed by atoms with Crippen LogP contribution in [-0.4, -0.2) is 13.3 Å². The molecule has 0 fully saturated rings. The summed E-state index contributed by atoms with van der Waals surface area (Å²) in [6, 6.07) is 15.1. The highest BCUT2D eigenvalue weighted by atomic mass is 35.5. The second-order valence-electron chi connectivity index (χ2n) is 3.51. The first kappa shape index (κ1) is 11.7. The van der Waals surface area contributed by atoms with Crippen LogP contribution in [0.25, 0.3) is 0 Å². The summed E-state index contributed by atoms with van der Waals surface area (Å²) in [7, 11) is 1.65. The number of hydrogen-bond acceptors (Lipinski definition) is 2. The second kappa shape index (κ2) is 5.51. The minimum atomic E-state index is 0.716. The molecule has 0 atom stereocenters. The molecule has 0 spiro atoms.